The number of nitrogens with zero attached hydrogens (tertiary/aromatic N) is 4. The highest BCUT2D eigenvalue weighted by atomic mass is 32.2. The molecule has 0 spiro atoms. The van der Waals surface area contributed by atoms with Crippen molar-refractivity contribution in [1.82, 2.24) is 15.0 Å². The molecule has 1 aromatic heterocycles. The molecule has 2 rings (SSSR count). The van der Waals surface area contributed by atoms with Gasteiger partial charge in [0.1, 0.15) is 0 Å². The van der Waals surface area contributed by atoms with Crippen molar-refractivity contribution < 1.29 is 0 Å². The number of nitrogens with one attached hydrogen (secondary N) is 1. The number of aromatic nitrogens is 3. The first-order chi connectivity index (χ1) is 9.22. The molecule has 1 atom stereocenters. The molecule has 0 radical (unpaired) electrons. The van der Waals surface area contributed by atoms with Gasteiger partial charge in [0.15, 0.2) is 0 Å². The van der Waals surface area contributed by atoms with E-state index in [0.717, 1.165) is 25.3 Å². The number of thioether (sulfide) groups is 1. The van der Waals surface area contributed by atoms with E-state index < -0.39 is 0 Å². The van der Waals surface area contributed by atoms with Crippen LogP contribution in [0.15, 0.2) is 0 Å². The summed E-state index contributed by atoms with van der Waals surface area (Å²) in [6, 6.07) is 0.364. The summed E-state index contributed by atoms with van der Waals surface area (Å²) in [4.78, 5) is 15.1. The number of hydrogen-bond donors (Lipinski definition) is 2. The monoisotopic (exact) mass is 282 g/mol. The lowest BCUT2D eigenvalue weighted by Crippen LogP contribution is -2.26. The van der Waals surface area contributed by atoms with Crippen molar-refractivity contribution in [3.05, 3.63) is 0 Å². The molecule has 19 heavy (non-hydrogen) atoms. The van der Waals surface area contributed by atoms with Gasteiger partial charge in [-0.25, -0.2) is 0 Å². The molecule has 0 saturated carbocycles. The molecule has 0 aromatic carbocycles. The zero-order valence-corrected chi connectivity index (χ0v) is 12.4. The van der Waals surface area contributed by atoms with Gasteiger partial charge in [0, 0.05) is 24.9 Å². The summed E-state index contributed by atoms with van der Waals surface area (Å²) in [6.45, 7) is 4.16. The Kier molecular flexibility index (Phi) is 5.07. The lowest BCUT2D eigenvalue weighted by molar-refractivity contribution is 0.759. The lowest BCUT2D eigenvalue weighted by atomic mass is 10.3. The van der Waals surface area contributed by atoms with Gasteiger partial charge >= 0.3 is 0 Å². The molecule has 1 aliphatic rings. The fourth-order valence-electron chi connectivity index (χ4n) is 2.15. The third-order valence-electron chi connectivity index (χ3n) is 3.22. The van der Waals surface area contributed by atoms with Crippen molar-refractivity contribution in [3.63, 3.8) is 0 Å². The molecule has 1 saturated heterocycles. The van der Waals surface area contributed by atoms with E-state index in [1.54, 1.807) is 0 Å². The minimum atomic E-state index is 0.290. The minimum absolute atomic E-state index is 0.290. The predicted octanol–water partition coefficient (Wildman–Crippen LogP) is 1.61. The third-order valence-corrected chi connectivity index (χ3v) is 3.96. The zero-order chi connectivity index (χ0) is 13.7. The average molecular weight is 282 g/mol. The summed E-state index contributed by atoms with van der Waals surface area (Å²) < 4.78 is 0. The molecule has 1 aliphatic heterocycles. The number of nitrogens with two attached hydrogens (primary N) is 1. The van der Waals surface area contributed by atoms with Crippen LogP contribution in [0.5, 0.6) is 0 Å². The van der Waals surface area contributed by atoms with Gasteiger partial charge in [-0.05, 0) is 25.5 Å². The van der Waals surface area contributed by atoms with Gasteiger partial charge in [-0.3, -0.25) is 0 Å². The van der Waals surface area contributed by atoms with Crippen LogP contribution in [-0.4, -0.2) is 46.1 Å². The highest BCUT2D eigenvalue weighted by molar-refractivity contribution is 7.98. The van der Waals surface area contributed by atoms with Gasteiger partial charge in [-0.2, -0.15) is 26.7 Å². The van der Waals surface area contributed by atoms with Gasteiger partial charge in [0.2, 0.25) is 17.8 Å². The summed E-state index contributed by atoms with van der Waals surface area (Å²) in [5.41, 5.74) is 5.78. The fraction of sp³-hybridized carbons (Fsp3) is 0.750. The van der Waals surface area contributed by atoms with Gasteiger partial charge in [-0.15, -0.1) is 0 Å². The van der Waals surface area contributed by atoms with Crippen molar-refractivity contribution in [2.45, 2.75) is 32.2 Å². The molecule has 1 unspecified atom stereocenters. The van der Waals surface area contributed by atoms with Crippen LogP contribution in [0.25, 0.3) is 0 Å². The Morgan fingerprint density at radius 3 is 2.68 bits per heavy atom. The second-order valence-electron chi connectivity index (χ2n) is 4.72. The number of hydrogen-bond acceptors (Lipinski definition) is 7. The Bertz CT molecular complexity index is 407. The van der Waals surface area contributed by atoms with E-state index in [9.17, 15) is 0 Å². The molecule has 1 fully saturated rings. The highest BCUT2D eigenvalue weighted by Crippen LogP contribution is 2.18. The standard InChI is InChI=1S/C12H22N6S/c1-3-9(8-19-2)14-11-15-10(13)16-12(17-11)18-6-4-5-7-18/h9H,3-8H2,1-2H3,(H3,13,14,15,16,17). The summed E-state index contributed by atoms with van der Waals surface area (Å²) >= 11 is 1.81. The topological polar surface area (TPSA) is 80.0 Å². The van der Waals surface area contributed by atoms with E-state index in [0.29, 0.717) is 23.9 Å². The molecule has 1 aromatic rings. The maximum absolute atomic E-state index is 5.78. The largest absolute Gasteiger partial charge is 0.368 e. The Hall–Kier alpha value is -1.24. The van der Waals surface area contributed by atoms with Crippen molar-refractivity contribution in [2.24, 2.45) is 0 Å². The van der Waals surface area contributed by atoms with Crippen molar-refractivity contribution >= 4 is 29.6 Å². The molecule has 3 N–H and O–H groups in total. The summed E-state index contributed by atoms with van der Waals surface area (Å²) in [5.74, 6) is 2.61. The van der Waals surface area contributed by atoms with E-state index in [-0.39, 0.29) is 0 Å². The summed E-state index contributed by atoms with van der Waals surface area (Å²) in [7, 11) is 0. The Morgan fingerprint density at radius 2 is 2.05 bits per heavy atom. The van der Waals surface area contributed by atoms with E-state index in [1.165, 1.54) is 12.8 Å². The van der Waals surface area contributed by atoms with E-state index in [4.69, 9.17) is 5.73 Å². The van der Waals surface area contributed by atoms with Crippen molar-refractivity contribution in [2.75, 3.05) is 41.0 Å². The molecule has 0 amide bonds. The molecule has 7 heteroatoms. The molecule has 0 bridgehead atoms. The first-order valence-electron chi connectivity index (χ1n) is 6.75. The van der Waals surface area contributed by atoms with Gasteiger partial charge < -0.3 is 16.0 Å². The Morgan fingerprint density at radius 1 is 1.32 bits per heavy atom. The molecule has 0 aliphatic carbocycles. The van der Waals surface area contributed by atoms with Crippen molar-refractivity contribution in [3.8, 4) is 0 Å². The lowest BCUT2D eigenvalue weighted by Gasteiger charge is -2.19. The molecular weight excluding hydrogens is 260 g/mol. The molecular formula is C12H22N6S. The van der Waals surface area contributed by atoms with Crippen LogP contribution in [0, 0.1) is 0 Å². The number of anilines is 3. The highest BCUT2D eigenvalue weighted by Gasteiger charge is 2.17. The van der Waals surface area contributed by atoms with E-state index in [1.807, 2.05) is 11.8 Å². The maximum Gasteiger partial charge on any atom is 0.231 e. The van der Waals surface area contributed by atoms with Gasteiger partial charge in [0.25, 0.3) is 0 Å². The maximum atomic E-state index is 5.78. The van der Waals surface area contributed by atoms with E-state index in [2.05, 4.69) is 38.3 Å². The first-order valence-corrected chi connectivity index (χ1v) is 8.14. The quantitative estimate of drug-likeness (QED) is 0.820. The summed E-state index contributed by atoms with van der Waals surface area (Å²) in [5, 5.41) is 3.34. The third kappa shape index (κ3) is 3.86. The average Bonchev–Trinajstić information content (AvgIpc) is 2.91. The Labute approximate surface area is 118 Å². The Balaban J connectivity index is 2.11. The smallest absolute Gasteiger partial charge is 0.231 e. The second kappa shape index (κ2) is 6.79. The van der Waals surface area contributed by atoms with Gasteiger partial charge in [-0.1, -0.05) is 6.92 Å². The fourth-order valence-corrected chi connectivity index (χ4v) is 2.87. The number of rotatable bonds is 6. The van der Waals surface area contributed by atoms with Gasteiger partial charge in [0.05, 0.1) is 0 Å². The molecule has 6 nitrogen and oxygen atoms in total. The second-order valence-corrected chi connectivity index (χ2v) is 5.63. The van der Waals surface area contributed by atoms with Crippen LogP contribution in [0.3, 0.4) is 0 Å². The van der Waals surface area contributed by atoms with Crippen LogP contribution in [0.4, 0.5) is 17.8 Å². The van der Waals surface area contributed by atoms with Crippen LogP contribution in [0.2, 0.25) is 0 Å². The van der Waals surface area contributed by atoms with Crippen LogP contribution in [-0.2, 0) is 0 Å². The van der Waals surface area contributed by atoms with Crippen LogP contribution < -0.4 is 16.0 Å². The summed E-state index contributed by atoms with van der Waals surface area (Å²) in [6.07, 6.45) is 5.52. The number of nitrogen functional groups attached to an aromatic ring is 1. The predicted molar refractivity (Wildman–Crippen MR) is 81.8 cm³/mol. The minimum Gasteiger partial charge on any atom is -0.368 e. The van der Waals surface area contributed by atoms with Crippen molar-refractivity contribution in [1.29, 1.82) is 0 Å². The molecule has 2 heterocycles. The molecule has 106 valence electrons. The van der Waals surface area contributed by atoms with Crippen LogP contribution >= 0.6 is 11.8 Å². The first kappa shape index (κ1) is 14.2. The normalized spacial score (nSPS) is 16.6. The van der Waals surface area contributed by atoms with E-state index >= 15 is 0 Å². The van der Waals surface area contributed by atoms with Crippen LogP contribution in [0.1, 0.15) is 26.2 Å². The SMILES string of the molecule is CCC(CSC)Nc1nc(N)nc(N2CCCC2)n1. The zero-order valence-electron chi connectivity index (χ0n) is 11.6.